The van der Waals surface area contributed by atoms with Gasteiger partial charge < -0.3 is 0 Å². The van der Waals surface area contributed by atoms with Gasteiger partial charge in [0.1, 0.15) is 0 Å². The number of carbonyl (C=O) groups excluding carboxylic acids is 1. The van der Waals surface area contributed by atoms with E-state index in [0.29, 0.717) is 10.9 Å². The quantitative estimate of drug-likeness (QED) is 0.835. The number of aromatic amines is 1. The molecule has 0 aliphatic carbocycles. The maximum absolute atomic E-state index is 11.6. The highest BCUT2D eigenvalue weighted by atomic mass is 79.9. The lowest BCUT2D eigenvalue weighted by atomic mass is 10.2. The monoisotopic (exact) mass is 281 g/mol. The van der Waals surface area contributed by atoms with Crippen molar-refractivity contribution in [2.45, 2.75) is 6.92 Å². The SMILES string of the molecule is CC(=O)Nc1nc2cc(Br)ccc2c(=O)[nH]1. The van der Waals surface area contributed by atoms with Gasteiger partial charge in [-0.1, -0.05) is 15.9 Å². The molecule has 1 aromatic carbocycles. The van der Waals surface area contributed by atoms with E-state index in [4.69, 9.17) is 0 Å². The van der Waals surface area contributed by atoms with Crippen molar-refractivity contribution >= 4 is 38.7 Å². The zero-order valence-corrected chi connectivity index (χ0v) is 9.96. The Morgan fingerprint density at radius 2 is 2.25 bits per heavy atom. The highest BCUT2D eigenvalue weighted by Gasteiger charge is 2.04. The number of nitrogens with one attached hydrogen (secondary N) is 2. The van der Waals surface area contributed by atoms with Crippen molar-refractivity contribution in [1.82, 2.24) is 9.97 Å². The Morgan fingerprint density at radius 3 is 2.94 bits per heavy atom. The number of fused-ring (bicyclic) bond motifs is 1. The average molecular weight is 282 g/mol. The van der Waals surface area contributed by atoms with Gasteiger partial charge in [-0.05, 0) is 18.2 Å². The van der Waals surface area contributed by atoms with E-state index in [0.717, 1.165) is 4.47 Å². The molecule has 0 fully saturated rings. The van der Waals surface area contributed by atoms with E-state index in [1.807, 2.05) is 0 Å². The summed E-state index contributed by atoms with van der Waals surface area (Å²) in [6.07, 6.45) is 0. The highest BCUT2D eigenvalue weighted by molar-refractivity contribution is 9.10. The summed E-state index contributed by atoms with van der Waals surface area (Å²) in [5.74, 6) is -0.124. The minimum absolute atomic E-state index is 0.156. The Hall–Kier alpha value is -1.69. The van der Waals surface area contributed by atoms with Crippen molar-refractivity contribution in [3.63, 3.8) is 0 Å². The fourth-order valence-electron chi connectivity index (χ4n) is 1.34. The zero-order valence-electron chi connectivity index (χ0n) is 8.37. The number of amides is 1. The minimum Gasteiger partial charge on any atom is -0.296 e. The van der Waals surface area contributed by atoms with Crippen molar-refractivity contribution in [3.05, 3.63) is 33.0 Å². The number of anilines is 1. The standard InChI is InChI=1S/C10H8BrN3O2/c1-5(15)12-10-13-8-4-6(11)2-3-7(8)9(16)14-10/h2-4H,1H3,(H2,12,13,14,15,16). The normalized spacial score (nSPS) is 10.4. The van der Waals surface area contributed by atoms with E-state index in [9.17, 15) is 9.59 Å². The maximum atomic E-state index is 11.6. The number of benzene rings is 1. The van der Waals surface area contributed by atoms with Gasteiger partial charge in [-0.25, -0.2) is 4.98 Å². The maximum Gasteiger partial charge on any atom is 0.260 e. The molecule has 2 rings (SSSR count). The molecule has 0 aliphatic heterocycles. The van der Waals surface area contributed by atoms with Crippen LogP contribution in [-0.2, 0) is 4.79 Å². The van der Waals surface area contributed by atoms with Crippen molar-refractivity contribution in [2.75, 3.05) is 5.32 Å². The van der Waals surface area contributed by atoms with Crippen LogP contribution in [0.25, 0.3) is 10.9 Å². The van der Waals surface area contributed by atoms with Gasteiger partial charge in [-0.15, -0.1) is 0 Å². The second kappa shape index (κ2) is 4.05. The summed E-state index contributed by atoms with van der Waals surface area (Å²) in [5, 5.41) is 2.92. The number of hydrogen-bond acceptors (Lipinski definition) is 3. The largest absolute Gasteiger partial charge is 0.296 e. The van der Waals surface area contributed by atoms with Crippen LogP contribution in [0.5, 0.6) is 0 Å². The molecule has 1 heterocycles. The van der Waals surface area contributed by atoms with Gasteiger partial charge in [-0.3, -0.25) is 19.9 Å². The summed E-state index contributed by atoms with van der Waals surface area (Å²) < 4.78 is 0.826. The number of aromatic nitrogens is 2. The number of halogens is 1. The van der Waals surface area contributed by atoms with Crippen LogP contribution in [0.1, 0.15) is 6.92 Å². The van der Waals surface area contributed by atoms with Crippen molar-refractivity contribution in [3.8, 4) is 0 Å². The number of H-pyrrole nitrogens is 1. The van der Waals surface area contributed by atoms with Crippen LogP contribution in [0.2, 0.25) is 0 Å². The van der Waals surface area contributed by atoms with E-state index in [2.05, 4.69) is 31.2 Å². The lowest BCUT2D eigenvalue weighted by molar-refractivity contribution is -0.114. The fraction of sp³-hybridized carbons (Fsp3) is 0.100. The summed E-state index contributed by atoms with van der Waals surface area (Å²) in [6, 6.07) is 5.15. The van der Waals surface area contributed by atoms with Gasteiger partial charge >= 0.3 is 0 Å². The first kappa shape index (κ1) is 10.8. The number of carbonyl (C=O) groups is 1. The molecule has 0 aliphatic rings. The molecule has 0 saturated carbocycles. The first-order valence-corrected chi connectivity index (χ1v) is 5.33. The van der Waals surface area contributed by atoms with E-state index < -0.39 is 0 Å². The van der Waals surface area contributed by atoms with Gasteiger partial charge in [0.15, 0.2) is 0 Å². The molecule has 0 saturated heterocycles. The highest BCUT2D eigenvalue weighted by Crippen LogP contribution is 2.15. The average Bonchev–Trinajstić information content (AvgIpc) is 2.15. The van der Waals surface area contributed by atoms with Crippen LogP contribution in [0, 0.1) is 0 Å². The summed E-state index contributed by atoms with van der Waals surface area (Å²) in [5.41, 5.74) is 0.253. The van der Waals surface area contributed by atoms with E-state index in [1.54, 1.807) is 18.2 Å². The van der Waals surface area contributed by atoms with E-state index in [1.165, 1.54) is 6.92 Å². The van der Waals surface area contributed by atoms with Gasteiger partial charge in [0.2, 0.25) is 11.9 Å². The molecule has 82 valence electrons. The number of hydrogen-bond donors (Lipinski definition) is 2. The molecule has 2 N–H and O–H groups in total. The predicted molar refractivity (Wildman–Crippen MR) is 64.4 cm³/mol. The summed E-state index contributed by atoms with van der Waals surface area (Å²) >= 11 is 3.29. The Balaban J connectivity index is 2.65. The smallest absolute Gasteiger partial charge is 0.260 e. The molecule has 2 aromatic rings. The van der Waals surface area contributed by atoms with Gasteiger partial charge in [0, 0.05) is 11.4 Å². The van der Waals surface area contributed by atoms with E-state index >= 15 is 0 Å². The van der Waals surface area contributed by atoms with Crippen LogP contribution in [0.15, 0.2) is 27.5 Å². The Labute approximate surface area is 99.0 Å². The molecule has 0 bridgehead atoms. The molecular formula is C10H8BrN3O2. The van der Waals surface area contributed by atoms with Gasteiger partial charge in [-0.2, -0.15) is 0 Å². The van der Waals surface area contributed by atoms with Crippen LogP contribution in [0.4, 0.5) is 5.95 Å². The number of rotatable bonds is 1. The lowest BCUT2D eigenvalue weighted by Gasteiger charge is -2.02. The molecule has 5 nitrogen and oxygen atoms in total. The van der Waals surface area contributed by atoms with Crippen molar-refractivity contribution in [1.29, 1.82) is 0 Å². The summed E-state index contributed by atoms with van der Waals surface area (Å²) in [7, 11) is 0. The molecule has 1 amide bonds. The first-order valence-electron chi connectivity index (χ1n) is 4.53. The fourth-order valence-corrected chi connectivity index (χ4v) is 1.69. The lowest BCUT2D eigenvalue weighted by Crippen LogP contribution is -2.15. The molecule has 0 spiro atoms. The minimum atomic E-state index is -0.280. The predicted octanol–water partition coefficient (Wildman–Crippen LogP) is 1.64. The second-order valence-corrected chi connectivity index (χ2v) is 4.17. The molecule has 0 unspecified atom stereocenters. The van der Waals surface area contributed by atoms with Gasteiger partial charge in [0.25, 0.3) is 5.56 Å². The molecule has 6 heteroatoms. The molecular weight excluding hydrogens is 274 g/mol. The summed E-state index contributed by atoms with van der Waals surface area (Å²) in [6.45, 7) is 1.35. The molecule has 0 radical (unpaired) electrons. The molecule has 0 atom stereocenters. The number of nitrogens with zero attached hydrogens (tertiary/aromatic N) is 1. The van der Waals surface area contributed by atoms with Crippen LogP contribution >= 0.6 is 15.9 Å². The topological polar surface area (TPSA) is 74.8 Å². The third kappa shape index (κ3) is 2.11. The van der Waals surface area contributed by atoms with Crippen LogP contribution in [0.3, 0.4) is 0 Å². The van der Waals surface area contributed by atoms with Crippen molar-refractivity contribution in [2.24, 2.45) is 0 Å². The Kier molecular flexibility index (Phi) is 2.74. The molecule has 1 aromatic heterocycles. The van der Waals surface area contributed by atoms with Crippen molar-refractivity contribution < 1.29 is 4.79 Å². The van der Waals surface area contributed by atoms with E-state index in [-0.39, 0.29) is 17.4 Å². The zero-order chi connectivity index (χ0) is 11.7. The Bertz CT molecular complexity index is 621. The molecule has 16 heavy (non-hydrogen) atoms. The third-order valence-electron chi connectivity index (χ3n) is 1.96. The van der Waals surface area contributed by atoms with Crippen LogP contribution in [-0.4, -0.2) is 15.9 Å². The second-order valence-electron chi connectivity index (χ2n) is 3.26. The van der Waals surface area contributed by atoms with Gasteiger partial charge in [0.05, 0.1) is 10.9 Å². The third-order valence-corrected chi connectivity index (χ3v) is 2.46. The first-order chi connectivity index (χ1) is 7.56. The van der Waals surface area contributed by atoms with Crippen LogP contribution < -0.4 is 10.9 Å². The Morgan fingerprint density at radius 1 is 1.50 bits per heavy atom. The summed E-state index contributed by atoms with van der Waals surface area (Å²) in [4.78, 5) is 29.1.